The summed E-state index contributed by atoms with van der Waals surface area (Å²) in [5.41, 5.74) is 4.63. The first-order chi connectivity index (χ1) is 10.0. The Morgan fingerprint density at radius 3 is 2.32 bits per heavy atom. The van der Waals surface area contributed by atoms with Gasteiger partial charge in [0.1, 0.15) is 5.60 Å². The Labute approximate surface area is 132 Å². The number of rotatable bonds is 2. The Bertz CT molecular complexity index is 452. The fourth-order valence-electron chi connectivity index (χ4n) is 3.97. The summed E-state index contributed by atoms with van der Waals surface area (Å²) in [6.45, 7) is 8.65. The summed E-state index contributed by atoms with van der Waals surface area (Å²) in [6, 6.07) is -0.00724. The van der Waals surface area contributed by atoms with Gasteiger partial charge in [-0.2, -0.15) is 0 Å². The smallest absolute Gasteiger partial charge is 0.410 e. The molecule has 0 aromatic heterocycles. The van der Waals surface area contributed by atoms with E-state index >= 15 is 0 Å². The van der Waals surface area contributed by atoms with Gasteiger partial charge in [0.15, 0.2) is 0 Å². The lowest BCUT2D eigenvalue weighted by atomic mass is 9.54. The van der Waals surface area contributed by atoms with Crippen molar-refractivity contribution in [2.45, 2.75) is 58.6 Å². The molecule has 2 unspecified atom stereocenters. The minimum atomic E-state index is -0.739. The summed E-state index contributed by atoms with van der Waals surface area (Å²) in [5, 5.41) is 9.64. The largest absolute Gasteiger partial charge is 0.481 e. The second-order valence-corrected chi connectivity index (χ2v) is 7.93. The molecule has 2 atom stereocenters. The van der Waals surface area contributed by atoms with Gasteiger partial charge in [-0.25, -0.2) is 4.79 Å². The zero-order valence-electron chi connectivity index (χ0n) is 14.0. The average Bonchev–Trinajstić information content (AvgIpc) is 2.32. The third kappa shape index (κ3) is 3.21. The van der Waals surface area contributed by atoms with Crippen LogP contribution in [0.15, 0.2) is 0 Å². The van der Waals surface area contributed by atoms with Crippen molar-refractivity contribution in [3.05, 3.63) is 0 Å². The van der Waals surface area contributed by atoms with Crippen LogP contribution in [0.3, 0.4) is 0 Å². The van der Waals surface area contributed by atoms with Crippen LogP contribution in [0.2, 0.25) is 0 Å². The number of carbonyl (C=O) groups excluding carboxylic acids is 1. The number of carbonyl (C=O) groups is 2. The van der Waals surface area contributed by atoms with Crippen molar-refractivity contribution in [3.8, 4) is 0 Å². The molecule has 0 aromatic carbocycles. The van der Waals surface area contributed by atoms with Gasteiger partial charge in [0.05, 0.1) is 5.41 Å². The molecule has 0 spiro atoms. The second-order valence-electron chi connectivity index (χ2n) is 7.93. The van der Waals surface area contributed by atoms with Crippen molar-refractivity contribution in [1.29, 1.82) is 0 Å². The van der Waals surface area contributed by atoms with E-state index in [0.29, 0.717) is 32.4 Å². The van der Waals surface area contributed by atoms with Crippen LogP contribution >= 0.6 is 0 Å². The molecule has 1 aliphatic carbocycles. The van der Waals surface area contributed by atoms with E-state index in [1.54, 1.807) is 4.90 Å². The topological polar surface area (TPSA) is 92.9 Å². The Morgan fingerprint density at radius 2 is 1.91 bits per heavy atom. The van der Waals surface area contributed by atoms with Crippen LogP contribution in [-0.2, 0) is 9.53 Å². The predicted octanol–water partition coefficient (Wildman–Crippen LogP) is 2.07. The van der Waals surface area contributed by atoms with Crippen LogP contribution in [0.1, 0.15) is 47.0 Å². The minimum absolute atomic E-state index is 0.00724. The molecule has 2 fully saturated rings. The summed E-state index contributed by atoms with van der Waals surface area (Å²) < 4.78 is 5.40. The van der Waals surface area contributed by atoms with E-state index in [-0.39, 0.29) is 24.0 Å². The Balaban J connectivity index is 2.01. The number of carboxylic acid groups (broad SMARTS) is 1. The lowest BCUT2D eigenvalue weighted by Gasteiger charge is -2.52. The highest BCUT2D eigenvalue weighted by Crippen LogP contribution is 2.52. The Kier molecular flexibility index (Phi) is 4.44. The Morgan fingerprint density at radius 1 is 1.32 bits per heavy atom. The molecule has 2 aliphatic rings. The molecule has 3 N–H and O–H groups in total. The zero-order valence-corrected chi connectivity index (χ0v) is 14.0. The molecule has 0 radical (unpaired) electrons. The van der Waals surface area contributed by atoms with Crippen LogP contribution in [0.5, 0.6) is 0 Å². The van der Waals surface area contributed by atoms with Crippen molar-refractivity contribution in [2.75, 3.05) is 13.1 Å². The summed E-state index contributed by atoms with van der Waals surface area (Å²) >= 11 is 0. The van der Waals surface area contributed by atoms with Crippen LogP contribution in [0, 0.1) is 17.3 Å². The lowest BCUT2D eigenvalue weighted by molar-refractivity contribution is -0.166. The van der Waals surface area contributed by atoms with Crippen LogP contribution < -0.4 is 5.73 Å². The van der Waals surface area contributed by atoms with Gasteiger partial charge in [0, 0.05) is 19.1 Å². The van der Waals surface area contributed by atoms with Crippen LogP contribution in [0.4, 0.5) is 4.79 Å². The maximum absolute atomic E-state index is 12.2. The second kappa shape index (κ2) is 5.72. The summed E-state index contributed by atoms with van der Waals surface area (Å²) in [6.07, 6.45) is 1.47. The van der Waals surface area contributed by atoms with Gasteiger partial charge in [0.25, 0.3) is 0 Å². The number of amides is 1. The number of nitrogens with zero attached hydrogens (tertiary/aromatic N) is 1. The van der Waals surface area contributed by atoms with Crippen molar-refractivity contribution in [3.63, 3.8) is 0 Å². The average molecular weight is 312 g/mol. The molecular formula is C16H28N2O4. The maximum Gasteiger partial charge on any atom is 0.410 e. The van der Waals surface area contributed by atoms with E-state index < -0.39 is 17.0 Å². The van der Waals surface area contributed by atoms with Gasteiger partial charge in [-0.1, -0.05) is 6.92 Å². The van der Waals surface area contributed by atoms with E-state index in [9.17, 15) is 14.7 Å². The molecular weight excluding hydrogens is 284 g/mol. The van der Waals surface area contributed by atoms with Gasteiger partial charge in [-0.3, -0.25) is 4.79 Å². The fraction of sp³-hybridized carbons (Fsp3) is 0.875. The molecule has 126 valence electrons. The van der Waals surface area contributed by atoms with E-state index in [1.165, 1.54) is 0 Å². The lowest BCUT2D eigenvalue weighted by Crippen LogP contribution is -2.59. The third-order valence-electron chi connectivity index (χ3n) is 4.95. The van der Waals surface area contributed by atoms with Gasteiger partial charge in [-0.15, -0.1) is 0 Å². The molecule has 0 aromatic rings. The molecule has 1 saturated carbocycles. The Hall–Kier alpha value is -1.30. The predicted molar refractivity (Wildman–Crippen MR) is 82.4 cm³/mol. The molecule has 6 heteroatoms. The van der Waals surface area contributed by atoms with Crippen LogP contribution in [0.25, 0.3) is 0 Å². The molecule has 6 nitrogen and oxygen atoms in total. The van der Waals surface area contributed by atoms with Crippen molar-refractivity contribution in [2.24, 2.45) is 23.0 Å². The van der Waals surface area contributed by atoms with Crippen molar-refractivity contribution < 1.29 is 19.4 Å². The SMILES string of the molecule is CC1CN(C(=O)OC(C)(C)C)CCC1C1(C(=O)O)CC(N)C1. The van der Waals surface area contributed by atoms with Gasteiger partial charge in [0.2, 0.25) is 0 Å². The first-order valence-electron chi connectivity index (χ1n) is 8.02. The summed E-state index contributed by atoms with van der Waals surface area (Å²) in [4.78, 5) is 25.6. The molecule has 1 heterocycles. The molecule has 0 bridgehead atoms. The molecule has 1 amide bonds. The zero-order chi connectivity index (χ0) is 16.7. The molecule has 22 heavy (non-hydrogen) atoms. The van der Waals surface area contributed by atoms with Crippen LogP contribution in [-0.4, -0.2) is 46.8 Å². The highest BCUT2D eigenvalue weighted by Gasteiger charge is 2.56. The number of aliphatic carboxylic acids is 1. The molecule has 1 aliphatic heterocycles. The van der Waals surface area contributed by atoms with E-state index in [2.05, 4.69) is 0 Å². The van der Waals surface area contributed by atoms with E-state index in [4.69, 9.17) is 10.5 Å². The normalized spacial score (nSPS) is 35.7. The van der Waals surface area contributed by atoms with Crippen molar-refractivity contribution >= 4 is 12.1 Å². The number of piperidine rings is 1. The monoisotopic (exact) mass is 312 g/mol. The first-order valence-corrected chi connectivity index (χ1v) is 8.02. The van der Waals surface area contributed by atoms with Crippen molar-refractivity contribution in [1.82, 2.24) is 4.90 Å². The third-order valence-corrected chi connectivity index (χ3v) is 4.95. The highest BCUT2D eigenvalue weighted by molar-refractivity contribution is 5.77. The highest BCUT2D eigenvalue weighted by atomic mass is 16.6. The number of hydrogen-bond acceptors (Lipinski definition) is 4. The number of hydrogen-bond donors (Lipinski definition) is 2. The van der Waals surface area contributed by atoms with E-state index in [0.717, 1.165) is 0 Å². The number of likely N-dealkylation sites (tertiary alicyclic amines) is 1. The summed E-state index contributed by atoms with van der Waals surface area (Å²) in [7, 11) is 0. The molecule has 1 saturated heterocycles. The van der Waals surface area contributed by atoms with E-state index in [1.807, 2.05) is 27.7 Å². The van der Waals surface area contributed by atoms with Gasteiger partial charge >= 0.3 is 12.1 Å². The number of carboxylic acids is 1. The summed E-state index contributed by atoms with van der Waals surface area (Å²) in [5.74, 6) is -0.537. The first kappa shape index (κ1) is 17.1. The fourth-order valence-corrected chi connectivity index (χ4v) is 3.97. The number of ether oxygens (including phenoxy) is 1. The standard InChI is InChI=1S/C16H28N2O4/c1-10-9-18(14(21)22-15(2,3)4)6-5-12(10)16(13(19)20)7-11(17)8-16/h10-12H,5-9,17H2,1-4H3,(H,19,20). The van der Waals surface area contributed by atoms with Gasteiger partial charge in [-0.05, 0) is 51.9 Å². The quantitative estimate of drug-likeness (QED) is 0.814. The molecule has 2 rings (SSSR count). The number of nitrogens with two attached hydrogens (primary N) is 1. The maximum atomic E-state index is 12.2. The van der Waals surface area contributed by atoms with Gasteiger partial charge < -0.3 is 20.5 Å². The minimum Gasteiger partial charge on any atom is -0.481 e.